The van der Waals surface area contributed by atoms with Gasteiger partial charge >= 0.3 is 6.09 Å². The van der Waals surface area contributed by atoms with Crippen molar-refractivity contribution in [2.45, 2.75) is 64.8 Å². The predicted molar refractivity (Wildman–Crippen MR) is 109 cm³/mol. The molecule has 6 heteroatoms. The van der Waals surface area contributed by atoms with Gasteiger partial charge in [-0.1, -0.05) is 12.1 Å². The Hall–Kier alpha value is -2.91. The number of nitrogens with zero attached hydrogens (tertiary/aromatic N) is 3. The van der Waals surface area contributed by atoms with Gasteiger partial charge in [-0.3, -0.25) is 9.88 Å². The molecule has 1 amide bonds. The number of fused-ring (bicyclic) bond motifs is 1. The van der Waals surface area contributed by atoms with Crippen molar-refractivity contribution >= 4 is 6.09 Å². The summed E-state index contributed by atoms with van der Waals surface area (Å²) in [7, 11) is 0. The van der Waals surface area contributed by atoms with Crippen molar-refractivity contribution in [2.24, 2.45) is 0 Å². The lowest BCUT2D eigenvalue weighted by Crippen LogP contribution is -2.40. The number of ether oxygens (including phenoxy) is 1. The van der Waals surface area contributed by atoms with E-state index < -0.39 is 11.7 Å². The Labute approximate surface area is 171 Å². The van der Waals surface area contributed by atoms with Gasteiger partial charge in [0, 0.05) is 6.20 Å². The smallest absolute Gasteiger partial charge is 0.411 e. The van der Waals surface area contributed by atoms with Gasteiger partial charge in [-0.25, -0.2) is 4.79 Å². The zero-order valence-electron chi connectivity index (χ0n) is 17.2. The largest absolute Gasteiger partial charge is 0.444 e. The average Bonchev–Trinajstić information content (AvgIpc) is 2.70. The van der Waals surface area contributed by atoms with Gasteiger partial charge in [0.05, 0.1) is 36.5 Å². The maximum atomic E-state index is 13.2. The third-order valence-electron chi connectivity index (χ3n) is 5.02. The molecule has 1 aromatic heterocycles. The highest BCUT2D eigenvalue weighted by Gasteiger charge is 2.33. The maximum absolute atomic E-state index is 13.2. The molecular weight excluding hydrogens is 366 g/mol. The number of rotatable bonds is 4. The molecule has 1 aromatic carbocycles. The summed E-state index contributed by atoms with van der Waals surface area (Å²) in [6, 6.07) is 11.0. The minimum Gasteiger partial charge on any atom is -0.444 e. The molecule has 0 fully saturated rings. The number of aliphatic hydroxyl groups is 1. The first-order valence-corrected chi connectivity index (χ1v) is 9.88. The highest BCUT2D eigenvalue weighted by Crippen LogP contribution is 2.35. The van der Waals surface area contributed by atoms with Crippen LogP contribution in [0.3, 0.4) is 0 Å². The topological polar surface area (TPSA) is 86.5 Å². The van der Waals surface area contributed by atoms with Crippen LogP contribution in [0.5, 0.6) is 0 Å². The van der Waals surface area contributed by atoms with Crippen LogP contribution in [-0.4, -0.2) is 26.7 Å². The summed E-state index contributed by atoms with van der Waals surface area (Å²) in [5, 5.41) is 18.9. The van der Waals surface area contributed by atoms with Gasteiger partial charge < -0.3 is 9.84 Å². The average molecular weight is 393 g/mol. The highest BCUT2D eigenvalue weighted by atomic mass is 16.6. The zero-order valence-corrected chi connectivity index (χ0v) is 17.2. The molecule has 0 radical (unpaired) electrons. The molecular formula is C23H27N3O3. The molecule has 29 heavy (non-hydrogen) atoms. The fraction of sp³-hybridized carbons (Fsp3) is 0.435. The second kappa shape index (κ2) is 8.62. The fourth-order valence-corrected chi connectivity index (χ4v) is 3.69. The van der Waals surface area contributed by atoms with Crippen LogP contribution in [-0.2, 0) is 24.3 Å². The third kappa shape index (κ3) is 4.93. The van der Waals surface area contributed by atoms with Gasteiger partial charge in [-0.15, -0.1) is 0 Å². The van der Waals surface area contributed by atoms with Crippen LogP contribution in [0.15, 0.2) is 36.5 Å². The van der Waals surface area contributed by atoms with E-state index in [1.807, 2.05) is 26.8 Å². The van der Waals surface area contributed by atoms with Crippen molar-refractivity contribution in [1.82, 2.24) is 9.88 Å². The Kier molecular flexibility index (Phi) is 6.19. The van der Waals surface area contributed by atoms with Crippen molar-refractivity contribution in [3.63, 3.8) is 0 Å². The number of carbonyl (C=O) groups is 1. The first-order valence-electron chi connectivity index (χ1n) is 9.88. The Bertz CT molecular complexity index is 928. The highest BCUT2D eigenvalue weighted by molar-refractivity contribution is 5.69. The van der Waals surface area contributed by atoms with E-state index in [1.54, 1.807) is 29.3 Å². The third-order valence-corrected chi connectivity index (χ3v) is 5.02. The van der Waals surface area contributed by atoms with E-state index in [9.17, 15) is 9.90 Å². The summed E-state index contributed by atoms with van der Waals surface area (Å²) in [5.74, 6) is 0. The first kappa shape index (κ1) is 20.8. The van der Waals surface area contributed by atoms with E-state index in [4.69, 9.17) is 10.00 Å². The summed E-state index contributed by atoms with van der Waals surface area (Å²) in [4.78, 5) is 19.4. The lowest BCUT2D eigenvalue weighted by atomic mass is 9.90. The SMILES string of the molecule is CC(C)(C)OC(=O)N(Cc1ccc(C#N)cc1CO)C1CCCc2cccnc21. The van der Waals surface area contributed by atoms with E-state index in [0.29, 0.717) is 11.1 Å². The number of carbonyl (C=O) groups excluding carboxylic acids is 1. The van der Waals surface area contributed by atoms with Crippen LogP contribution in [0.2, 0.25) is 0 Å². The predicted octanol–water partition coefficient (Wildman–Crippen LogP) is 4.26. The van der Waals surface area contributed by atoms with Gasteiger partial charge in [0.15, 0.2) is 0 Å². The quantitative estimate of drug-likeness (QED) is 0.839. The lowest BCUT2D eigenvalue weighted by Gasteiger charge is -2.36. The number of nitriles is 1. The van der Waals surface area contributed by atoms with Gasteiger partial charge in [-0.2, -0.15) is 5.26 Å². The zero-order chi connectivity index (χ0) is 21.0. The number of aliphatic hydroxyl groups excluding tert-OH is 1. The summed E-state index contributed by atoms with van der Waals surface area (Å²) < 4.78 is 5.70. The van der Waals surface area contributed by atoms with Crippen molar-refractivity contribution in [2.75, 3.05) is 0 Å². The summed E-state index contributed by atoms with van der Waals surface area (Å²) >= 11 is 0. The summed E-state index contributed by atoms with van der Waals surface area (Å²) in [6.45, 7) is 5.61. The second-order valence-electron chi connectivity index (χ2n) is 8.32. The molecule has 0 saturated carbocycles. The first-order chi connectivity index (χ1) is 13.8. The van der Waals surface area contributed by atoms with Crippen LogP contribution in [0, 0.1) is 11.3 Å². The Morgan fingerprint density at radius 2 is 2.14 bits per heavy atom. The van der Waals surface area contributed by atoms with E-state index in [1.165, 1.54) is 0 Å². The maximum Gasteiger partial charge on any atom is 0.411 e. The molecule has 3 rings (SSSR count). The number of aryl methyl sites for hydroxylation is 1. The molecule has 0 bridgehead atoms. The van der Waals surface area contributed by atoms with Crippen LogP contribution < -0.4 is 0 Å². The van der Waals surface area contributed by atoms with Crippen LogP contribution in [0.1, 0.15) is 67.6 Å². The van der Waals surface area contributed by atoms with Crippen molar-refractivity contribution in [1.29, 1.82) is 5.26 Å². The van der Waals surface area contributed by atoms with Gasteiger partial charge in [0.25, 0.3) is 0 Å². The second-order valence-corrected chi connectivity index (χ2v) is 8.32. The minimum absolute atomic E-state index is 0.197. The normalized spacial score (nSPS) is 15.9. The van der Waals surface area contributed by atoms with Crippen LogP contribution >= 0.6 is 0 Å². The van der Waals surface area contributed by atoms with Crippen LogP contribution in [0.4, 0.5) is 4.79 Å². The molecule has 1 aliphatic rings. The number of benzene rings is 1. The molecule has 0 aliphatic heterocycles. The molecule has 2 aromatic rings. The van der Waals surface area contributed by atoms with E-state index >= 15 is 0 Å². The molecule has 1 aliphatic carbocycles. The van der Waals surface area contributed by atoms with Crippen molar-refractivity contribution < 1.29 is 14.6 Å². The molecule has 1 atom stereocenters. The Morgan fingerprint density at radius 1 is 1.34 bits per heavy atom. The molecule has 1 unspecified atom stereocenters. The number of hydrogen-bond donors (Lipinski definition) is 1. The van der Waals surface area contributed by atoms with Gasteiger partial charge in [-0.05, 0) is 74.9 Å². The molecule has 1 heterocycles. The number of aromatic nitrogens is 1. The molecule has 6 nitrogen and oxygen atoms in total. The number of amides is 1. The lowest BCUT2D eigenvalue weighted by molar-refractivity contribution is 0.0111. The molecule has 152 valence electrons. The fourth-order valence-electron chi connectivity index (χ4n) is 3.69. The molecule has 0 saturated heterocycles. The minimum atomic E-state index is -0.624. The molecule has 0 spiro atoms. The van der Waals surface area contributed by atoms with Gasteiger partial charge in [0.2, 0.25) is 0 Å². The van der Waals surface area contributed by atoms with Crippen LogP contribution in [0.25, 0.3) is 0 Å². The van der Waals surface area contributed by atoms with E-state index in [2.05, 4.69) is 17.1 Å². The Morgan fingerprint density at radius 3 is 2.83 bits per heavy atom. The monoisotopic (exact) mass is 393 g/mol. The number of pyridine rings is 1. The molecule has 1 N–H and O–H groups in total. The van der Waals surface area contributed by atoms with E-state index in [-0.39, 0.29) is 19.2 Å². The van der Waals surface area contributed by atoms with E-state index in [0.717, 1.165) is 36.1 Å². The standard InChI is InChI=1S/C23H27N3O3/c1-23(2,3)29-22(28)26(14-18-10-9-16(13-24)12-19(18)15-27)20-8-4-6-17-7-5-11-25-21(17)20/h5,7,9-12,20,27H,4,6,8,14-15H2,1-3H3. The van der Waals surface area contributed by atoms with Crippen molar-refractivity contribution in [3.8, 4) is 6.07 Å². The number of hydrogen-bond acceptors (Lipinski definition) is 5. The summed E-state index contributed by atoms with van der Waals surface area (Å²) in [6.07, 6.45) is 4.05. The van der Waals surface area contributed by atoms with Gasteiger partial charge in [0.1, 0.15) is 5.60 Å². The Balaban J connectivity index is 1.99. The summed E-state index contributed by atoms with van der Waals surface area (Å²) in [5.41, 5.74) is 3.34. The van der Waals surface area contributed by atoms with Crippen molar-refractivity contribution in [3.05, 3.63) is 64.5 Å².